The lowest BCUT2D eigenvalue weighted by Gasteiger charge is -2.27. The summed E-state index contributed by atoms with van der Waals surface area (Å²) >= 11 is 12.5. The number of imidazole rings is 1. The molecular weight excluding hydrogens is 572 g/mol. The van der Waals surface area contributed by atoms with Gasteiger partial charge in [0.2, 0.25) is 5.91 Å². The van der Waals surface area contributed by atoms with Gasteiger partial charge in [-0.3, -0.25) is 14.0 Å². The summed E-state index contributed by atoms with van der Waals surface area (Å²) in [5.41, 5.74) is 11.1. The lowest BCUT2D eigenvalue weighted by atomic mass is 9.98. The van der Waals surface area contributed by atoms with Crippen molar-refractivity contribution in [3.8, 4) is 16.9 Å². The smallest absolute Gasteiger partial charge is 0.250 e. The fraction of sp³-hybridized carbons (Fsp3) is 0.290. The number of nitrogens with two attached hydrogens (primary N) is 1. The molecule has 2 aromatic heterocycles. The number of hydrogen-bond donors (Lipinski definition) is 2. The number of nitrogens with zero attached hydrogens (tertiary/aromatic N) is 4. The second kappa shape index (κ2) is 11.8. The maximum absolute atomic E-state index is 12.4. The van der Waals surface area contributed by atoms with Crippen molar-refractivity contribution in [3.05, 3.63) is 83.4 Å². The summed E-state index contributed by atoms with van der Waals surface area (Å²) in [5, 5.41) is 8.11. The van der Waals surface area contributed by atoms with Crippen LogP contribution in [0, 0.1) is 0 Å². The fourth-order valence-corrected chi connectivity index (χ4v) is 5.99. The predicted molar refractivity (Wildman–Crippen MR) is 167 cm³/mol. The number of ether oxygens (including phenoxy) is 2. The van der Waals surface area contributed by atoms with Gasteiger partial charge in [-0.25, -0.2) is 4.98 Å². The van der Waals surface area contributed by atoms with E-state index in [0.717, 1.165) is 53.7 Å². The first kappa shape index (κ1) is 28.3. The van der Waals surface area contributed by atoms with Gasteiger partial charge in [-0.1, -0.05) is 42.0 Å². The van der Waals surface area contributed by atoms with E-state index in [1.807, 2.05) is 73.4 Å². The normalized spacial score (nSPS) is 18.5. The van der Waals surface area contributed by atoms with E-state index in [-0.39, 0.29) is 11.7 Å². The van der Waals surface area contributed by atoms with Crippen LogP contribution in [0.1, 0.15) is 31.4 Å². The molecule has 216 valence electrons. The van der Waals surface area contributed by atoms with Gasteiger partial charge < -0.3 is 20.5 Å². The summed E-state index contributed by atoms with van der Waals surface area (Å²) in [6, 6.07) is 11.7. The molecule has 3 heterocycles. The fourth-order valence-electron chi connectivity index (χ4n) is 5.38. The number of halogens is 1. The largest absolute Gasteiger partial charge is 0.489 e. The van der Waals surface area contributed by atoms with Gasteiger partial charge >= 0.3 is 0 Å². The number of piperidine rings is 1. The van der Waals surface area contributed by atoms with Gasteiger partial charge in [-0.15, -0.1) is 0 Å². The zero-order chi connectivity index (χ0) is 29.4. The monoisotopic (exact) mass is 602 g/mol. The zero-order valence-electron chi connectivity index (χ0n) is 23.3. The molecule has 1 amide bonds. The number of rotatable bonds is 8. The number of thiocarbonyl (C=S) groups is 1. The summed E-state index contributed by atoms with van der Waals surface area (Å²) in [6.45, 7) is 3.74. The maximum Gasteiger partial charge on any atom is 0.250 e. The van der Waals surface area contributed by atoms with Crippen LogP contribution in [0.5, 0.6) is 5.75 Å². The van der Waals surface area contributed by atoms with Crippen molar-refractivity contribution in [1.29, 1.82) is 0 Å². The van der Waals surface area contributed by atoms with Crippen molar-refractivity contribution in [3.63, 3.8) is 0 Å². The molecule has 1 saturated heterocycles. The molecular formula is C31H31ClN6O3S. The van der Waals surface area contributed by atoms with E-state index in [4.69, 9.17) is 39.0 Å². The number of amides is 1. The molecule has 3 N–H and O–H groups in total. The third-order valence-electron chi connectivity index (χ3n) is 7.63. The molecule has 1 fully saturated rings. The highest BCUT2D eigenvalue weighted by Crippen LogP contribution is 2.36. The average Bonchev–Trinajstić information content (AvgIpc) is 3.61. The summed E-state index contributed by atoms with van der Waals surface area (Å²) in [7, 11) is 1.88. The van der Waals surface area contributed by atoms with Crippen LogP contribution in [0.2, 0.25) is 5.02 Å². The number of carbonyl (C=O) groups excluding carboxylic acids is 1. The molecule has 2 aliphatic rings. The highest BCUT2D eigenvalue weighted by atomic mass is 35.5. The number of aryl methyl sites for hydroxylation is 1. The molecule has 1 aliphatic carbocycles. The predicted octanol–water partition coefficient (Wildman–Crippen LogP) is 5.00. The Hall–Kier alpha value is -3.83. The van der Waals surface area contributed by atoms with E-state index in [9.17, 15) is 4.79 Å². The standard InChI is InChI=1S/C31H31ClN6O3S/c1-18(23-4-3-5-27(29(23)32)41-22-8-10-34-11-9-22)40-28-14-21(13-24(30(28)42)31(33)39)38-17-35-25-12-19(6-7-26(25)38)20-15-36-37(2)16-20/h3-7,12-18,22,28,34H,8-11H2,1-2H3,(H2,33,39)/t18-,28?/m1/s1. The van der Waals surface area contributed by atoms with Crippen molar-refractivity contribution in [1.82, 2.24) is 24.6 Å². The summed E-state index contributed by atoms with van der Waals surface area (Å²) in [5.74, 6) is 0.0118. The lowest BCUT2D eigenvalue weighted by Crippen LogP contribution is -2.34. The highest BCUT2D eigenvalue weighted by molar-refractivity contribution is 7.81. The molecule has 0 radical (unpaired) electrons. The van der Waals surface area contributed by atoms with Crippen LogP contribution in [0.3, 0.4) is 0 Å². The Balaban J connectivity index is 1.29. The van der Waals surface area contributed by atoms with Crippen LogP contribution in [0.15, 0.2) is 72.8 Å². The Bertz CT molecular complexity index is 1740. The summed E-state index contributed by atoms with van der Waals surface area (Å²) in [6.07, 6.45) is 9.85. The zero-order valence-corrected chi connectivity index (χ0v) is 24.9. The first-order valence-corrected chi connectivity index (χ1v) is 14.6. The number of nitrogens with one attached hydrogen (secondary N) is 1. The molecule has 42 heavy (non-hydrogen) atoms. The third-order valence-corrected chi connectivity index (χ3v) is 8.49. The Morgan fingerprint density at radius 3 is 2.76 bits per heavy atom. The van der Waals surface area contributed by atoms with E-state index >= 15 is 0 Å². The molecule has 6 rings (SSSR count). The molecule has 2 aromatic carbocycles. The van der Waals surface area contributed by atoms with Gasteiger partial charge in [0, 0.05) is 30.1 Å². The van der Waals surface area contributed by atoms with Gasteiger partial charge in [0.25, 0.3) is 0 Å². The molecule has 4 aromatic rings. The van der Waals surface area contributed by atoms with Gasteiger partial charge in [-0.2, -0.15) is 5.10 Å². The number of carbonyl (C=O) groups is 1. The minimum absolute atomic E-state index is 0.111. The molecule has 11 heteroatoms. The van der Waals surface area contributed by atoms with Gasteiger partial charge in [0.05, 0.1) is 38.8 Å². The van der Waals surface area contributed by atoms with Gasteiger partial charge in [0.15, 0.2) is 0 Å². The Morgan fingerprint density at radius 1 is 1.21 bits per heavy atom. The first-order valence-electron chi connectivity index (χ1n) is 13.8. The minimum atomic E-state index is -0.699. The molecule has 0 spiro atoms. The number of aromatic nitrogens is 4. The van der Waals surface area contributed by atoms with E-state index in [1.54, 1.807) is 17.1 Å². The van der Waals surface area contributed by atoms with Crippen molar-refractivity contribution in [2.24, 2.45) is 12.8 Å². The number of benzene rings is 2. The summed E-state index contributed by atoms with van der Waals surface area (Å²) in [4.78, 5) is 17.4. The van der Waals surface area contributed by atoms with E-state index in [1.165, 1.54) is 0 Å². The van der Waals surface area contributed by atoms with Crippen LogP contribution >= 0.6 is 23.8 Å². The number of primary amides is 1. The van der Waals surface area contributed by atoms with Crippen molar-refractivity contribution < 1.29 is 14.3 Å². The molecule has 0 saturated carbocycles. The van der Waals surface area contributed by atoms with Crippen LogP contribution in [0.25, 0.3) is 27.9 Å². The first-order chi connectivity index (χ1) is 20.3. The van der Waals surface area contributed by atoms with Crippen molar-refractivity contribution >= 4 is 51.3 Å². The van der Waals surface area contributed by atoms with Crippen LogP contribution < -0.4 is 15.8 Å². The second-order valence-electron chi connectivity index (χ2n) is 10.5. The van der Waals surface area contributed by atoms with E-state index < -0.39 is 18.1 Å². The Kier molecular flexibility index (Phi) is 7.96. The lowest BCUT2D eigenvalue weighted by molar-refractivity contribution is -0.114. The third kappa shape index (κ3) is 5.63. The van der Waals surface area contributed by atoms with Crippen molar-refractivity contribution in [2.75, 3.05) is 13.1 Å². The SMILES string of the molecule is C[C@@H](OC1C=C(n2cnc3cc(-c4cnn(C)c4)ccc32)C=C(C(N)=O)C1=S)c1cccc(OC2CCNCC2)c1Cl. The van der Waals surface area contributed by atoms with Crippen molar-refractivity contribution in [2.45, 2.75) is 38.1 Å². The quantitative estimate of drug-likeness (QED) is 0.273. The van der Waals surface area contributed by atoms with Gasteiger partial charge in [-0.05, 0) is 68.8 Å². The minimum Gasteiger partial charge on any atom is -0.489 e. The molecule has 9 nitrogen and oxygen atoms in total. The average molecular weight is 603 g/mol. The Labute approximate surface area is 253 Å². The molecule has 0 bridgehead atoms. The van der Waals surface area contributed by atoms with Crippen LogP contribution in [-0.4, -0.2) is 55.4 Å². The van der Waals surface area contributed by atoms with E-state index in [0.29, 0.717) is 21.3 Å². The molecule has 1 unspecified atom stereocenters. The van der Waals surface area contributed by atoms with Gasteiger partial charge in [0.1, 0.15) is 24.3 Å². The van der Waals surface area contributed by atoms with Crippen LogP contribution in [-0.2, 0) is 16.6 Å². The molecule has 1 aliphatic heterocycles. The number of fused-ring (bicyclic) bond motifs is 1. The summed E-state index contributed by atoms with van der Waals surface area (Å²) < 4.78 is 16.3. The molecule has 2 atom stereocenters. The van der Waals surface area contributed by atoms with E-state index in [2.05, 4.69) is 15.4 Å². The van der Waals surface area contributed by atoms with Crippen LogP contribution in [0.4, 0.5) is 0 Å². The maximum atomic E-state index is 12.4. The highest BCUT2D eigenvalue weighted by Gasteiger charge is 2.29. The topological polar surface area (TPSA) is 109 Å². The number of allylic oxidation sites excluding steroid dienone is 2. The number of hydrogen-bond acceptors (Lipinski definition) is 7. The second-order valence-corrected chi connectivity index (χ2v) is 11.3. The Morgan fingerprint density at radius 2 is 2.02 bits per heavy atom.